The zero-order valence-electron chi connectivity index (χ0n) is 24.5. The Hall–Kier alpha value is -2.59. The van der Waals surface area contributed by atoms with Crippen LogP contribution in [0.25, 0.3) is 0 Å². The van der Waals surface area contributed by atoms with E-state index in [1.807, 2.05) is 12.1 Å². The van der Waals surface area contributed by atoms with Crippen LogP contribution in [0.2, 0.25) is 5.02 Å². The molecule has 232 valence electrons. The lowest BCUT2D eigenvalue weighted by Crippen LogP contribution is -2.49. The van der Waals surface area contributed by atoms with Gasteiger partial charge in [0.05, 0.1) is 29.8 Å². The van der Waals surface area contributed by atoms with Crippen LogP contribution < -0.4 is 14.4 Å². The number of allylic oxidation sites excluding steroid dienone is 1. The number of hydrogen-bond donors (Lipinski definition) is 3. The number of hydrogen-bond acceptors (Lipinski definition) is 7. The number of aliphatic hydroxyl groups is 2. The van der Waals surface area contributed by atoms with E-state index in [4.69, 9.17) is 16.3 Å². The van der Waals surface area contributed by atoms with E-state index in [2.05, 4.69) is 21.8 Å². The third kappa shape index (κ3) is 6.19. The predicted octanol–water partition coefficient (Wildman–Crippen LogP) is 4.75. The van der Waals surface area contributed by atoms with Gasteiger partial charge in [-0.2, -0.15) is 0 Å². The van der Waals surface area contributed by atoms with Crippen LogP contribution in [0, 0.1) is 11.8 Å². The smallest absolute Gasteiger partial charge is 0.264 e. The minimum atomic E-state index is -4.08. The molecule has 0 saturated heterocycles. The number of carbonyl (C=O) groups excluding carboxylic acids is 1. The van der Waals surface area contributed by atoms with Crippen molar-refractivity contribution in [1.82, 2.24) is 4.72 Å². The fraction of sp³-hybridized carbons (Fsp3) is 0.545. The average Bonchev–Trinajstić information content (AvgIpc) is 3.08. The molecule has 2 aromatic rings. The molecule has 2 heterocycles. The lowest BCUT2D eigenvalue weighted by Gasteiger charge is -2.45. The number of aliphatic hydroxyl groups excluding tert-OH is 2. The molecule has 6 rings (SSSR count). The molecule has 8 nitrogen and oxygen atoms in total. The predicted molar refractivity (Wildman–Crippen MR) is 167 cm³/mol. The lowest BCUT2D eigenvalue weighted by atomic mass is 9.68. The summed E-state index contributed by atoms with van der Waals surface area (Å²) in [6.45, 7) is 3.38. The Morgan fingerprint density at radius 1 is 1.19 bits per heavy atom. The summed E-state index contributed by atoms with van der Waals surface area (Å²) in [5.74, 6) is 0.301. The molecule has 1 spiro atoms. The Morgan fingerprint density at radius 3 is 2.79 bits per heavy atom. The Labute approximate surface area is 259 Å². The summed E-state index contributed by atoms with van der Waals surface area (Å²) in [6.07, 6.45) is 7.62. The van der Waals surface area contributed by atoms with E-state index < -0.39 is 33.4 Å². The molecule has 6 atom stereocenters. The van der Waals surface area contributed by atoms with Crippen molar-refractivity contribution < 1.29 is 28.2 Å². The van der Waals surface area contributed by atoms with E-state index in [0.29, 0.717) is 31.9 Å². The first-order valence-electron chi connectivity index (χ1n) is 15.4. The SMILES string of the molecule is C[C@@H](O)C[C@H]1CC/C=C/C(O)[C@@H]2CC[C@H]2CN2C[C@@]3(CCCc4cc(Cl)ccc43)COc3ccc(cc32)C(=O)NS1(=O)=O. The maximum absolute atomic E-state index is 13.4. The first-order valence-corrected chi connectivity index (χ1v) is 17.4. The molecule has 2 bridgehead atoms. The van der Waals surface area contributed by atoms with Gasteiger partial charge in [0, 0.05) is 29.1 Å². The summed E-state index contributed by atoms with van der Waals surface area (Å²) < 4.78 is 35.5. The number of ether oxygens (including phenoxy) is 1. The third-order valence-electron chi connectivity index (χ3n) is 9.94. The van der Waals surface area contributed by atoms with Crippen LogP contribution in [0.5, 0.6) is 5.75 Å². The molecular formula is C33H41ClN2O6S. The summed E-state index contributed by atoms with van der Waals surface area (Å²) in [6, 6.07) is 11.2. The van der Waals surface area contributed by atoms with E-state index in [0.717, 1.165) is 42.8 Å². The topological polar surface area (TPSA) is 116 Å². The zero-order chi connectivity index (χ0) is 30.4. The molecule has 1 fully saturated rings. The molecule has 2 aromatic carbocycles. The van der Waals surface area contributed by atoms with Crippen LogP contribution in [0.3, 0.4) is 0 Å². The first kappa shape index (κ1) is 30.4. The molecule has 43 heavy (non-hydrogen) atoms. The maximum atomic E-state index is 13.4. The standard InChI is InChI=1S/C33H41ClN2O6S/c1-21(37)15-26-6-2-3-7-30(38)27-11-8-24(27)18-36-19-33(14-4-5-22-16-25(34)10-12-28(22)33)20-42-31-13-9-23(17-29(31)36)32(39)35-43(26,40)41/h3,7,9-10,12-13,16-17,21,24,26-27,30,37-38H,2,4-6,8,11,14-15,18-20H2,1H3,(H,35,39)/b7-3+/t21-,24+,26-,27-,30?,33+/m1/s1. The minimum absolute atomic E-state index is 0.00425. The van der Waals surface area contributed by atoms with Gasteiger partial charge in [-0.25, -0.2) is 13.1 Å². The molecule has 1 unspecified atom stereocenters. The van der Waals surface area contributed by atoms with Gasteiger partial charge in [-0.3, -0.25) is 4.79 Å². The van der Waals surface area contributed by atoms with Gasteiger partial charge in [0.25, 0.3) is 5.91 Å². The third-order valence-corrected chi connectivity index (χ3v) is 11.9. The largest absolute Gasteiger partial charge is 0.490 e. The molecule has 2 aliphatic carbocycles. The fourth-order valence-electron chi connectivity index (χ4n) is 7.52. The monoisotopic (exact) mass is 628 g/mol. The second-order valence-corrected chi connectivity index (χ2v) is 15.4. The van der Waals surface area contributed by atoms with Crippen molar-refractivity contribution in [2.75, 3.05) is 24.6 Å². The summed E-state index contributed by atoms with van der Waals surface area (Å²) in [4.78, 5) is 15.7. The van der Waals surface area contributed by atoms with Gasteiger partial charge < -0.3 is 19.8 Å². The summed E-state index contributed by atoms with van der Waals surface area (Å²) >= 11 is 6.38. The van der Waals surface area contributed by atoms with E-state index in [1.165, 1.54) is 11.1 Å². The molecule has 3 N–H and O–H groups in total. The van der Waals surface area contributed by atoms with Gasteiger partial charge >= 0.3 is 0 Å². The normalized spacial score (nSPS) is 31.8. The van der Waals surface area contributed by atoms with E-state index in [9.17, 15) is 23.4 Å². The highest BCUT2D eigenvalue weighted by atomic mass is 35.5. The summed E-state index contributed by atoms with van der Waals surface area (Å²) in [7, 11) is -4.08. The number of halogens is 1. The van der Waals surface area contributed by atoms with Crippen molar-refractivity contribution >= 4 is 33.2 Å². The van der Waals surface area contributed by atoms with Gasteiger partial charge in [-0.15, -0.1) is 0 Å². The quantitative estimate of drug-likeness (QED) is 0.411. The number of aryl methyl sites for hydroxylation is 1. The van der Waals surface area contributed by atoms with Crippen molar-refractivity contribution in [2.45, 2.75) is 81.2 Å². The van der Waals surface area contributed by atoms with Gasteiger partial charge in [-0.1, -0.05) is 29.8 Å². The number of anilines is 1. The number of nitrogens with one attached hydrogen (secondary N) is 1. The van der Waals surface area contributed by atoms with Crippen LogP contribution in [0.1, 0.15) is 73.4 Å². The number of amides is 1. The molecule has 1 saturated carbocycles. The Balaban J connectivity index is 1.41. The lowest BCUT2D eigenvalue weighted by molar-refractivity contribution is 0.0456. The fourth-order valence-corrected chi connectivity index (χ4v) is 9.24. The van der Waals surface area contributed by atoms with Crippen molar-refractivity contribution in [3.8, 4) is 5.75 Å². The van der Waals surface area contributed by atoms with E-state index in [-0.39, 0.29) is 35.7 Å². The molecular weight excluding hydrogens is 588 g/mol. The number of rotatable bonds is 2. The van der Waals surface area contributed by atoms with Crippen molar-refractivity contribution in [3.05, 3.63) is 70.3 Å². The van der Waals surface area contributed by atoms with Gasteiger partial charge in [0.1, 0.15) is 5.75 Å². The van der Waals surface area contributed by atoms with Crippen LogP contribution in [0.15, 0.2) is 48.6 Å². The van der Waals surface area contributed by atoms with Crippen LogP contribution in [-0.4, -0.2) is 61.7 Å². The van der Waals surface area contributed by atoms with Gasteiger partial charge in [0.2, 0.25) is 10.0 Å². The van der Waals surface area contributed by atoms with Crippen molar-refractivity contribution in [2.24, 2.45) is 11.8 Å². The Kier molecular flexibility index (Phi) is 8.54. The van der Waals surface area contributed by atoms with Crippen LogP contribution in [-0.2, 0) is 21.9 Å². The number of nitrogens with zero attached hydrogens (tertiary/aromatic N) is 1. The highest BCUT2D eigenvalue weighted by Gasteiger charge is 2.44. The number of benzene rings is 2. The van der Waals surface area contributed by atoms with Crippen LogP contribution in [0.4, 0.5) is 5.69 Å². The van der Waals surface area contributed by atoms with E-state index in [1.54, 1.807) is 31.2 Å². The zero-order valence-corrected chi connectivity index (χ0v) is 26.1. The number of carbonyl (C=O) groups is 1. The molecule has 0 aromatic heterocycles. The molecule has 2 aliphatic heterocycles. The van der Waals surface area contributed by atoms with E-state index >= 15 is 0 Å². The summed E-state index contributed by atoms with van der Waals surface area (Å²) in [5, 5.41) is 20.9. The Bertz CT molecular complexity index is 1510. The highest BCUT2D eigenvalue weighted by Crippen LogP contribution is 2.46. The van der Waals surface area contributed by atoms with Crippen LogP contribution >= 0.6 is 11.6 Å². The average molecular weight is 629 g/mol. The first-order chi connectivity index (χ1) is 20.5. The second-order valence-electron chi connectivity index (χ2n) is 13.0. The molecule has 1 amide bonds. The van der Waals surface area contributed by atoms with Gasteiger partial charge in [-0.05, 0) is 112 Å². The molecule has 0 radical (unpaired) electrons. The van der Waals surface area contributed by atoms with Crippen molar-refractivity contribution in [1.29, 1.82) is 0 Å². The maximum Gasteiger partial charge on any atom is 0.264 e. The van der Waals surface area contributed by atoms with Gasteiger partial charge in [0.15, 0.2) is 0 Å². The highest BCUT2D eigenvalue weighted by molar-refractivity contribution is 7.90. The molecule has 4 aliphatic rings. The number of fused-ring (bicyclic) bond motifs is 4. The number of sulfonamides is 1. The minimum Gasteiger partial charge on any atom is -0.490 e. The summed E-state index contributed by atoms with van der Waals surface area (Å²) in [5.41, 5.74) is 3.18. The van der Waals surface area contributed by atoms with Crippen molar-refractivity contribution in [3.63, 3.8) is 0 Å². The second kappa shape index (κ2) is 12.1. The Morgan fingerprint density at radius 2 is 2.02 bits per heavy atom. The molecule has 10 heteroatoms.